The summed E-state index contributed by atoms with van der Waals surface area (Å²) < 4.78 is 0. The van der Waals surface area contributed by atoms with E-state index in [1.54, 1.807) is 0 Å². The fourth-order valence-corrected chi connectivity index (χ4v) is 1.77. The third-order valence-corrected chi connectivity index (χ3v) is 3.02. The molecule has 0 atom stereocenters. The largest absolute Gasteiger partial charge is 0.236 e. The van der Waals surface area contributed by atoms with Crippen LogP contribution in [-0.2, 0) is 0 Å². The number of hydrogen-bond acceptors (Lipinski definition) is 1. The molecule has 2 aromatic rings. The second kappa shape index (κ2) is 3.82. The summed E-state index contributed by atoms with van der Waals surface area (Å²) in [6.07, 6.45) is 0. The number of fused-ring (bicyclic) bond motifs is 1. The summed E-state index contributed by atoms with van der Waals surface area (Å²) in [5.41, 5.74) is 3.31. The van der Waals surface area contributed by atoms with E-state index in [1.807, 2.05) is 6.92 Å². The molecule has 15 heavy (non-hydrogen) atoms. The van der Waals surface area contributed by atoms with Crippen LogP contribution < -0.4 is 0 Å². The highest BCUT2D eigenvalue weighted by molar-refractivity contribution is 6.30. The maximum absolute atomic E-state index is 6.01. The molecule has 1 aromatic heterocycles. The summed E-state index contributed by atoms with van der Waals surface area (Å²) in [4.78, 5) is 4.38. The van der Waals surface area contributed by atoms with Crippen molar-refractivity contribution in [2.45, 2.75) is 26.7 Å². The number of benzene rings is 1. The van der Waals surface area contributed by atoms with Crippen molar-refractivity contribution in [2.24, 2.45) is 0 Å². The summed E-state index contributed by atoms with van der Waals surface area (Å²) in [5.74, 6) is 0.524. The maximum Gasteiger partial charge on any atom is 0.132 e. The molecule has 0 bridgehead atoms. The number of halogens is 1. The second-order valence-electron chi connectivity index (χ2n) is 4.20. The summed E-state index contributed by atoms with van der Waals surface area (Å²) in [7, 11) is 0. The van der Waals surface area contributed by atoms with Crippen LogP contribution in [0.15, 0.2) is 24.3 Å². The Morgan fingerprint density at radius 1 is 1.20 bits per heavy atom. The van der Waals surface area contributed by atoms with Crippen molar-refractivity contribution in [2.75, 3.05) is 0 Å². The van der Waals surface area contributed by atoms with Crippen LogP contribution in [0, 0.1) is 6.92 Å². The fraction of sp³-hybridized carbons (Fsp3) is 0.308. The molecule has 0 N–H and O–H groups in total. The van der Waals surface area contributed by atoms with Crippen molar-refractivity contribution < 1.29 is 0 Å². The van der Waals surface area contributed by atoms with Gasteiger partial charge in [0, 0.05) is 5.39 Å². The van der Waals surface area contributed by atoms with Crippen molar-refractivity contribution in [3.8, 4) is 0 Å². The molecule has 0 unspecified atom stereocenters. The minimum atomic E-state index is 0.524. The van der Waals surface area contributed by atoms with E-state index < -0.39 is 0 Å². The summed E-state index contributed by atoms with van der Waals surface area (Å²) in [6, 6.07) is 8.46. The molecule has 0 aliphatic carbocycles. The molecular formula is C13H14ClN. The van der Waals surface area contributed by atoms with Gasteiger partial charge in [-0.25, -0.2) is 4.98 Å². The normalized spacial score (nSPS) is 11.3. The fourth-order valence-electron chi connectivity index (χ4n) is 1.63. The van der Waals surface area contributed by atoms with Crippen molar-refractivity contribution in [1.82, 2.24) is 4.98 Å². The predicted octanol–water partition coefficient (Wildman–Crippen LogP) is 4.32. The van der Waals surface area contributed by atoms with Gasteiger partial charge in [0.2, 0.25) is 0 Å². The van der Waals surface area contributed by atoms with Crippen molar-refractivity contribution in [3.05, 3.63) is 40.5 Å². The van der Waals surface area contributed by atoms with Crippen LogP contribution in [-0.4, -0.2) is 4.98 Å². The smallest absolute Gasteiger partial charge is 0.132 e. The summed E-state index contributed by atoms with van der Waals surface area (Å²) >= 11 is 6.01. The lowest BCUT2D eigenvalue weighted by Crippen LogP contribution is -1.89. The molecule has 1 aromatic carbocycles. The minimum absolute atomic E-state index is 0.524. The third kappa shape index (κ3) is 1.98. The van der Waals surface area contributed by atoms with E-state index in [0.717, 1.165) is 16.5 Å². The lowest BCUT2D eigenvalue weighted by atomic mass is 10.0. The van der Waals surface area contributed by atoms with Crippen LogP contribution in [0.3, 0.4) is 0 Å². The molecule has 78 valence electrons. The molecule has 2 heteroatoms. The van der Waals surface area contributed by atoms with Gasteiger partial charge in [0.15, 0.2) is 0 Å². The van der Waals surface area contributed by atoms with Gasteiger partial charge in [0.25, 0.3) is 0 Å². The molecule has 0 aliphatic heterocycles. The molecule has 1 heterocycles. The summed E-state index contributed by atoms with van der Waals surface area (Å²) in [6.45, 7) is 6.33. The second-order valence-corrected chi connectivity index (χ2v) is 4.56. The number of nitrogens with zero attached hydrogens (tertiary/aromatic N) is 1. The van der Waals surface area contributed by atoms with Gasteiger partial charge in [0.1, 0.15) is 5.15 Å². The molecule has 0 amide bonds. The van der Waals surface area contributed by atoms with Crippen molar-refractivity contribution >= 4 is 22.5 Å². The van der Waals surface area contributed by atoms with E-state index in [4.69, 9.17) is 11.6 Å². The van der Waals surface area contributed by atoms with Gasteiger partial charge in [-0.15, -0.1) is 0 Å². The van der Waals surface area contributed by atoms with Crippen molar-refractivity contribution in [1.29, 1.82) is 0 Å². The standard InChI is InChI=1S/C13H14ClN/c1-8(2)10-4-5-11-6-9(3)13(14)15-12(11)7-10/h4-8H,1-3H3. The molecule has 0 spiro atoms. The zero-order valence-electron chi connectivity index (χ0n) is 9.21. The Kier molecular flexibility index (Phi) is 2.66. The van der Waals surface area contributed by atoms with Gasteiger partial charge in [-0.3, -0.25) is 0 Å². The van der Waals surface area contributed by atoms with E-state index in [-0.39, 0.29) is 0 Å². The Labute approximate surface area is 95.1 Å². The van der Waals surface area contributed by atoms with E-state index in [0.29, 0.717) is 11.1 Å². The maximum atomic E-state index is 6.01. The Hall–Kier alpha value is -1.08. The lowest BCUT2D eigenvalue weighted by molar-refractivity contribution is 0.868. The molecule has 1 nitrogen and oxygen atoms in total. The number of pyridine rings is 1. The SMILES string of the molecule is Cc1cc2ccc(C(C)C)cc2nc1Cl. The van der Waals surface area contributed by atoms with Gasteiger partial charge in [0.05, 0.1) is 5.52 Å². The number of hydrogen-bond donors (Lipinski definition) is 0. The third-order valence-electron chi connectivity index (χ3n) is 2.64. The van der Waals surface area contributed by atoms with Crippen LogP contribution in [0.1, 0.15) is 30.9 Å². The average Bonchev–Trinajstić information content (AvgIpc) is 2.19. The van der Waals surface area contributed by atoms with Crippen LogP contribution in [0.2, 0.25) is 5.15 Å². The van der Waals surface area contributed by atoms with Crippen LogP contribution in [0.5, 0.6) is 0 Å². The minimum Gasteiger partial charge on any atom is -0.236 e. The Morgan fingerprint density at radius 3 is 2.60 bits per heavy atom. The van der Waals surface area contributed by atoms with E-state index in [1.165, 1.54) is 5.56 Å². The molecular weight excluding hydrogens is 206 g/mol. The number of rotatable bonds is 1. The van der Waals surface area contributed by atoms with Gasteiger partial charge in [-0.2, -0.15) is 0 Å². The van der Waals surface area contributed by atoms with Crippen molar-refractivity contribution in [3.63, 3.8) is 0 Å². The van der Waals surface area contributed by atoms with E-state index in [2.05, 4.69) is 43.1 Å². The number of aryl methyl sites for hydroxylation is 1. The molecule has 0 aliphatic rings. The first-order valence-corrected chi connectivity index (χ1v) is 5.52. The highest BCUT2D eigenvalue weighted by Gasteiger charge is 2.04. The zero-order valence-corrected chi connectivity index (χ0v) is 9.97. The molecule has 0 saturated heterocycles. The van der Waals surface area contributed by atoms with Crippen LogP contribution >= 0.6 is 11.6 Å². The lowest BCUT2D eigenvalue weighted by Gasteiger charge is -2.07. The van der Waals surface area contributed by atoms with Gasteiger partial charge < -0.3 is 0 Å². The van der Waals surface area contributed by atoms with Gasteiger partial charge in [-0.05, 0) is 36.1 Å². The number of aromatic nitrogens is 1. The first kappa shape index (κ1) is 10.4. The van der Waals surface area contributed by atoms with Crippen LogP contribution in [0.4, 0.5) is 0 Å². The highest BCUT2D eigenvalue weighted by Crippen LogP contribution is 2.23. The zero-order chi connectivity index (χ0) is 11.0. The Bertz CT molecular complexity index is 503. The molecule has 0 radical (unpaired) electrons. The quantitative estimate of drug-likeness (QED) is 0.651. The van der Waals surface area contributed by atoms with Gasteiger partial charge in [-0.1, -0.05) is 37.6 Å². The first-order valence-electron chi connectivity index (χ1n) is 5.14. The highest BCUT2D eigenvalue weighted by atomic mass is 35.5. The molecule has 2 rings (SSSR count). The van der Waals surface area contributed by atoms with Gasteiger partial charge >= 0.3 is 0 Å². The topological polar surface area (TPSA) is 12.9 Å². The molecule has 0 saturated carbocycles. The predicted molar refractivity (Wildman–Crippen MR) is 65.6 cm³/mol. The molecule has 0 fully saturated rings. The Morgan fingerprint density at radius 2 is 1.93 bits per heavy atom. The van der Waals surface area contributed by atoms with E-state index in [9.17, 15) is 0 Å². The monoisotopic (exact) mass is 219 g/mol. The first-order chi connectivity index (χ1) is 7.08. The van der Waals surface area contributed by atoms with Crippen LogP contribution in [0.25, 0.3) is 10.9 Å². The Balaban J connectivity index is 2.66. The van der Waals surface area contributed by atoms with E-state index >= 15 is 0 Å². The average molecular weight is 220 g/mol. The summed E-state index contributed by atoms with van der Waals surface area (Å²) in [5, 5.41) is 1.75.